The van der Waals surface area contributed by atoms with Crippen LogP contribution in [0.4, 0.5) is 0 Å². The fraction of sp³-hybridized carbons (Fsp3) is 0.409. The standard InChI is InChI=1S/C22H22O5/c1-2-3-5-10-16(23)11-12-17-18-13-21(24)26-20(18)14-19(17)27-22(25)15-8-6-4-7-9-15/h4,6-9,11-12,17-20H,2,10,13-14H2,1H3/t17-,18-,19-,20+/m1/s1. The third-order valence-corrected chi connectivity index (χ3v) is 4.89. The van der Waals surface area contributed by atoms with Crippen LogP contribution in [0, 0.1) is 23.7 Å². The smallest absolute Gasteiger partial charge is 0.338 e. The second-order valence-electron chi connectivity index (χ2n) is 6.73. The number of ether oxygens (including phenoxy) is 2. The highest BCUT2D eigenvalue weighted by Gasteiger charge is 2.50. The molecule has 3 rings (SSSR count). The number of carbonyl (C=O) groups excluding carboxylic acids is 3. The van der Waals surface area contributed by atoms with Crippen LogP contribution in [0.2, 0.25) is 0 Å². The van der Waals surface area contributed by atoms with E-state index in [2.05, 4.69) is 11.8 Å². The van der Waals surface area contributed by atoms with Crippen molar-refractivity contribution < 1.29 is 23.9 Å². The van der Waals surface area contributed by atoms with E-state index in [1.807, 2.05) is 13.0 Å². The summed E-state index contributed by atoms with van der Waals surface area (Å²) in [5.41, 5.74) is 0.472. The van der Waals surface area contributed by atoms with Gasteiger partial charge in [-0.25, -0.2) is 4.79 Å². The molecule has 1 aliphatic heterocycles. The van der Waals surface area contributed by atoms with Crippen molar-refractivity contribution in [2.24, 2.45) is 11.8 Å². The van der Waals surface area contributed by atoms with Crippen molar-refractivity contribution in [1.82, 2.24) is 0 Å². The highest BCUT2D eigenvalue weighted by atomic mass is 16.6. The molecule has 0 unspecified atom stereocenters. The van der Waals surface area contributed by atoms with E-state index >= 15 is 0 Å². The van der Waals surface area contributed by atoms with Crippen LogP contribution < -0.4 is 0 Å². The molecular formula is C22H22O5. The maximum atomic E-state index is 12.4. The third kappa shape index (κ3) is 4.65. The van der Waals surface area contributed by atoms with Crippen molar-refractivity contribution in [3.63, 3.8) is 0 Å². The number of carbonyl (C=O) groups is 3. The quantitative estimate of drug-likeness (QED) is 0.455. The van der Waals surface area contributed by atoms with Crippen LogP contribution >= 0.6 is 0 Å². The molecule has 1 heterocycles. The Bertz CT molecular complexity index is 799. The second-order valence-corrected chi connectivity index (χ2v) is 6.73. The van der Waals surface area contributed by atoms with Crippen LogP contribution in [0.15, 0.2) is 42.5 Å². The van der Waals surface area contributed by atoms with Gasteiger partial charge in [0.05, 0.1) is 18.4 Å². The summed E-state index contributed by atoms with van der Waals surface area (Å²) in [5, 5.41) is 0. The minimum atomic E-state index is -0.424. The summed E-state index contributed by atoms with van der Waals surface area (Å²) in [4.78, 5) is 36.0. The number of ketones is 1. The Kier molecular flexibility index (Phi) is 6.08. The van der Waals surface area contributed by atoms with Gasteiger partial charge in [0.15, 0.2) is 5.78 Å². The molecule has 1 aliphatic carbocycles. The van der Waals surface area contributed by atoms with E-state index < -0.39 is 12.1 Å². The van der Waals surface area contributed by atoms with Crippen LogP contribution in [0.25, 0.3) is 0 Å². The van der Waals surface area contributed by atoms with Gasteiger partial charge in [-0.3, -0.25) is 9.59 Å². The molecule has 0 N–H and O–H groups in total. The summed E-state index contributed by atoms with van der Waals surface area (Å²) in [6.45, 7) is 1.93. The summed E-state index contributed by atoms with van der Waals surface area (Å²) < 4.78 is 11.0. The van der Waals surface area contributed by atoms with Gasteiger partial charge in [-0.2, -0.15) is 0 Å². The fourth-order valence-electron chi connectivity index (χ4n) is 3.62. The van der Waals surface area contributed by atoms with E-state index in [4.69, 9.17) is 9.47 Å². The Morgan fingerprint density at radius 1 is 1.26 bits per heavy atom. The van der Waals surface area contributed by atoms with E-state index in [0.717, 1.165) is 0 Å². The number of hydrogen-bond acceptors (Lipinski definition) is 5. The molecule has 0 radical (unpaired) electrons. The van der Waals surface area contributed by atoms with Crippen LogP contribution in [0.3, 0.4) is 0 Å². The van der Waals surface area contributed by atoms with Crippen molar-refractivity contribution in [1.29, 1.82) is 0 Å². The molecule has 0 aromatic heterocycles. The van der Waals surface area contributed by atoms with E-state index in [1.54, 1.807) is 30.3 Å². The predicted molar refractivity (Wildman–Crippen MR) is 98.6 cm³/mol. The molecule has 0 spiro atoms. The molecule has 1 saturated carbocycles. The van der Waals surface area contributed by atoms with Gasteiger partial charge in [-0.15, -0.1) is 5.92 Å². The summed E-state index contributed by atoms with van der Waals surface area (Å²) in [6.07, 6.45) is 4.16. The first-order valence-electron chi connectivity index (χ1n) is 9.20. The largest absolute Gasteiger partial charge is 0.462 e. The van der Waals surface area contributed by atoms with Crippen molar-refractivity contribution in [3.05, 3.63) is 48.0 Å². The molecule has 1 aromatic rings. The lowest BCUT2D eigenvalue weighted by atomic mass is 9.91. The molecule has 5 heteroatoms. The van der Waals surface area contributed by atoms with Gasteiger partial charge >= 0.3 is 11.9 Å². The average molecular weight is 366 g/mol. The lowest BCUT2D eigenvalue weighted by Gasteiger charge is -2.20. The monoisotopic (exact) mass is 366 g/mol. The SMILES string of the molecule is CCC#CCC(=O)C=C[C@@H]1[C@H]2CC(=O)O[C@H]2C[C@H]1OC(=O)c1ccccc1. The second kappa shape index (κ2) is 8.68. The van der Waals surface area contributed by atoms with Crippen LogP contribution in [0.5, 0.6) is 0 Å². The van der Waals surface area contributed by atoms with Crippen molar-refractivity contribution in [3.8, 4) is 11.8 Å². The van der Waals surface area contributed by atoms with Gasteiger partial charge in [-0.1, -0.05) is 37.1 Å². The van der Waals surface area contributed by atoms with E-state index in [0.29, 0.717) is 18.4 Å². The van der Waals surface area contributed by atoms with Crippen LogP contribution in [-0.2, 0) is 19.1 Å². The molecule has 4 atom stereocenters. The predicted octanol–water partition coefficient (Wildman–Crippen LogP) is 3.09. The summed E-state index contributed by atoms with van der Waals surface area (Å²) in [5.74, 6) is 4.63. The number of fused-ring (bicyclic) bond motifs is 1. The summed E-state index contributed by atoms with van der Waals surface area (Å²) in [7, 11) is 0. The Balaban J connectivity index is 1.71. The first-order valence-corrected chi connectivity index (χ1v) is 9.20. The number of rotatable bonds is 5. The topological polar surface area (TPSA) is 69.7 Å². The number of benzene rings is 1. The van der Waals surface area contributed by atoms with Crippen molar-refractivity contribution >= 4 is 17.7 Å². The maximum Gasteiger partial charge on any atom is 0.338 e. The Labute approximate surface area is 158 Å². The van der Waals surface area contributed by atoms with Gasteiger partial charge in [0, 0.05) is 24.7 Å². The minimum Gasteiger partial charge on any atom is -0.462 e. The zero-order chi connectivity index (χ0) is 19.2. The molecule has 140 valence electrons. The molecule has 5 nitrogen and oxygen atoms in total. The molecule has 0 bridgehead atoms. The van der Waals surface area contributed by atoms with Crippen LogP contribution in [-0.4, -0.2) is 29.9 Å². The van der Waals surface area contributed by atoms with E-state index in [1.165, 1.54) is 6.08 Å². The highest BCUT2D eigenvalue weighted by Crippen LogP contribution is 2.43. The first-order chi connectivity index (χ1) is 13.1. The Hall–Kier alpha value is -2.87. The molecular weight excluding hydrogens is 344 g/mol. The summed E-state index contributed by atoms with van der Waals surface area (Å²) in [6, 6.07) is 8.76. The van der Waals surface area contributed by atoms with E-state index in [9.17, 15) is 14.4 Å². The Morgan fingerprint density at radius 3 is 2.78 bits per heavy atom. The van der Waals surface area contributed by atoms with Crippen molar-refractivity contribution in [2.75, 3.05) is 0 Å². The number of allylic oxidation sites excluding steroid dienone is 1. The lowest BCUT2D eigenvalue weighted by Crippen LogP contribution is -2.24. The third-order valence-electron chi connectivity index (χ3n) is 4.89. The Morgan fingerprint density at radius 2 is 2.04 bits per heavy atom. The average Bonchev–Trinajstić information content (AvgIpc) is 3.16. The molecule has 1 aromatic carbocycles. The maximum absolute atomic E-state index is 12.4. The van der Waals surface area contributed by atoms with Gasteiger partial charge in [0.2, 0.25) is 0 Å². The fourth-order valence-corrected chi connectivity index (χ4v) is 3.62. The number of hydrogen-bond donors (Lipinski definition) is 0. The van der Waals surface area contributed by atoms with Gasteiger partial charge in [0.1, 0.15) is 12.2 Å². The van der Waals surface area contributed by atoms with Gasteiger partial charge in [0.25, 0.3) is 0 Å². The minimum absolute atomic E-state index is 0.0724. The first kappa shape index (κ1) is 18.9. The lowest BCUT2D eigenvalue weighted by molar-refractivity contribution is -0.141. The molecule has 2 aliphatic rings. The molecule has 0 amide bonds. The van der Waals surface area contributed by atoms with Crippen LogP contribution in [0.1, 0.15) is 43.0 Å². The van der Waals surface area contributed by atoms with Gasteiger partial charge < -0.3 is 9.47 Å². The van der Waals surface area contributed by atoms with Crippen molar-refractivity contribution in [2.45, 2.75) is 44.8 Å². The molecule has 27 heavy (non-hydrogen) atoms. The number of esters is 2. The van der Waals surface area contributed by atoms with Gasteiger partial charge in [-0.05, 0) is 18.2 Å². The van der Waals surface area contributed by atoms with E-state index in [-0.39, 0.29) is 42.5 Å². The highest BCUT2D eigenvalue weighted by molar-refractivity contribution is 5.91. The molecule has 2 fully saturated rings. The zero-order valence-electron chi connectivity index (χ0n) is 15.2. The molecule has 1 saturated heterocycles. The zero-order valence-corrected chi connectivity index (χ0v) is 15.2. The summed E-state index contributed by atoms with van der Waals surface area (Å²) >= 11 is 0. The normalized spacial score (nSPS) is 26.2.